The lowest BCUT2D eigenvalue weighted by atomic mass is 9.69. The fourth-order valence-corrected chi connectivity index (χ4v) is 4.46. The van der Waals surface area contributed by atoms with Crippen LogP contribution in [0.25, 0.3) is 11.2 Å². The van der Waals surface area contributed by atoms with E-state index < -0.39 is 11.2 Å². The van der Waals surface area contributed by atoms with Gasteiger partial charge < -0.3 is 10.3 Å². The molecule has 1 aliphatic carbocycles. The van der Waals surface area contributed by atoms with Crippen LogP contribution in [-0.2, 0) is 23.7 Å². The van der Waals surface area contributed by atoms with Crippen molar-refractivity contribution in [3.8, 4) is 0 Å². The second-order valence-corrected chi connectivity index (χ2v) is 8.33. The Balaban J connectivity index is 1.42. The summed E-state index contributed by atoms with van der Waals surface area (Å²) in [6, 6.07) is 6.60. The first-order chi connectivity index (χ1) is 14.9. The average molecular weight is 427 g/mol. The number of nitrogens with zero attached hydrogens (tertiary/aromatic N) is 2. The van der Waals surface area contributed by atoms with Crippen molar-refractivity contribution in [2.45, 2.75) is 50.4 Å². The lowest BCUT2D eigenvalue weighted by Crippen LogP contribution is -2.42. The molecule has 0 saturated heterocycles. The zero-order valence-electron chi connectivity index (χ0n) is 17.5. The molecule has 1 amide bonds. The fourth-order valence-electron chi connectivity index (χ4n) is 4.46. The Morgan fingerprint density at radius 1 is 1.16 bits per heavy atom. The number of H-pyrrole nitrogens is 2. The molecule has 0 unspecified atom stereocenters. The highest BCUT2D eigenvalue weighted by Gasteiger charge is 2.34. The highest BCUT2D eigenvalue weighted by molar-refractivity contribution is 5.76. The van der Waals surface area contributed by atoms with Gasteiger partial charge in [0.25, 0.3) is 5.56 Å². The zero-order valence-corrected chi connectivity index (χ0v) is 17.5. The lowest BCUT2D eigenvalue weighted by molar-refractivity contribution is -0.121. The third kappa shape index (κ3) is 4.30. The molecule has 2 heterocycles. The number of hydrogen-bond donors (Lipinski definition) is 3. The summed E-state index contributed by atoms with van der Waals surface area (Å²) in [7, 11) is 1.52. The summed E-state index contributed by atoms with van der Waals surface area (Å²) in [4.78, 5) is 45.6. The number of carbonyl (C=O) groups is 1. The molecule has 0 bridgehead atoms. The molecule has 0 aliphatic heterocycles. The molecule has 4 rings (SSSR count). The molecule has 0 radical (unpaired) electrons. The number of hydrogen-bond acceptors (Lipinski definition) is 4. The molecule has 1 fully saturated rings. The zero-order chi connectivity index (χ0) is 22.0. The van der Waals surface area contributed by atoms with Crippen LogP contribution in [0.2, 0.25) is 0 Å². The van der Waals surface area contributed by atoms with Crippen molar-refractivity contribution in [1.82, 2.24) is 24.8 Å². The predicted molar refractivity (Wildman–Crippen MR) is 114 cm³/mol. The SMILES string of the molecule is Cn1c(=O)[nH]c(=O)c2[nH]c(CCC(=O)NCC3(c4ccc(F)cc4)CCCCC3)nc21. The molecule has 1 saturated carbocycles. The van der Waals surface area contributed by atoms with E-state index >= 15 is 0 Å². The van der Waals surface area contributed by atoms with Crippen molar-refractivity contribution >= 4 is 17.1 Å². The van der Waals surface area contributed by atoms with E-state index in [0.717, 1.165) is 31.2 Å². The summed E-state index contributed by atoms with van der Waals surface area (Å²) in [6.45, 7) is 0.506. The summed E-state index contributed by atoms with van der Waals surface area (Å²) in [5.41, 5.74) is 0.307. The Morgan fingerprint density at radius 3 is 2.58 bits per heavy atom. The highest BCUT2D eigenvalue weighted by atomic mass is 19.1. The number of halogens is 1. The maximum atomic E-state index is 13.4. The number of imidazole rings is 1. The van der Waals surface area contributed by atoms with Crippen LogP contribution in [-0.4, -0.2) is 32.0 Å². The molecule has 3 aromatic rings. The van der Waals surface area contributed by atoms with Crippen LogP contribution in [0.5, 0.6) is 0 Å². The first-order valence-electron chi connectivity index (χ1n) is 10.6. The van der Waals surface area contributed by atoms with Gasteiger partial charge in [-0.05, 0) is 30.5 Å². The van der Waals surface area contributed by atoms with E-state index in [0.29, 0.717) is 18.8 Å². The number of aryl methyl sites for hydroxylation is 2. The second-order valence-electron chi connectivity index (χ2n) is 8.33. The van der Waals surface area contributed by atoms with Gasteiger partial charge >= 0.3 is 5.69 Å². The van der Waals surface area contributed by atoms with E-state index in [4.69, 9.17) is 0 Å². The number of fused-ring (bicyclic) bond motifs is 1. The maximum absolute atomic E-state index is 13.4. The van der Waals surface area contributed by atoms with Crippen LogP contribution >= 0.6 is 0 Å². The Bertz CT molecular complexity index is 1200. The first-order valence-corrected chi connectivity index (χ1v) is 10.6. The van der Waals surface area contributed by atoms with Crippen molar-refractivity contribution in [3.05, 3.63) is 62.3 Å². The van der Waals surface area contributed by atoms with E-state index in [1.165, 1.54) is 30.2 Å². The molecule has 1 aromatic carbocycles. The molecule has 0 atom stereocenters. The van der Waals surface area contributed by atoms with Crippen LogP contribution < -0.4 is 16.6 Å². The van der Waals surface area contributed by atoms with Crippen molar-refractivity contribution in [2.24, 2.45) is 7.05 Å². The number of nitrogens with one attached hydrogen (secondary N) is 3. The molecule has 1 aliphatic rings. The summed E-state index contributed by atoms with van der Waals surface area (Å²) < 4.78 is 14.6. The second kappa shape index (κ2) is 8.49. The van der Waals surface area contributed by atoms with Gasteiger partial charge in [-0.3, -0.25) is 19.1 Å². The largest absolute Gasteiger partial charge is 0.355 e. The topological polar surface area (TPSA) is 113 Å². The molecule has 31 heavy (non-hydrogen) atoms. The Hall–Kier alpha value is -3.23. The van der Waals surface area contributed by atoms with Gasteiger partial charge in [-0.2, -0.15) is 0 Å². The normalized spacial score (nSPS) is 15.8. The molecule has 9 heteroatoms. The van der Waals surface area contributed by atoms with Gasteiger partial charge in [-0.25, -0.2) is 14.2 Å². The van der Waals surface area contributed by atoms with Gasteiger partial charge in [0.2, 0.25) is 5.91 Å². The standard InChI is InChI=1S/C22H26FN5O3/c1-28-19-18(20(30)27-21(28)31)25-16(26-19)9-10-17(29)24-13-22(11-3-2-4-12-22)14-5-7-15(23)8-6-14/h5-8H,2-4,9-13H2,1H3,(H,24,29)(H,25,26)(H,27,30,31). The quantitative estimate of drug-likeness (QED) is 0.559. The third-order valence-electron chi connectivity index (χ3n) is 6.28. The fraction of sp³-hybridized carbons (Fsp3) is 0.455. The van der Waals surface area contributed by atoms with E-state index in [-0.39, 0.29) is 34.7 Å². The minimum atomic E-state index is -0.535. The van der Waals surface area contributed by atoms with E-state index in [2.05, 4.69) is 20.3 Å². The van der Waals surface area contributed by atoms with Gasteiger partial charge in [0.15, 0.2) is 5.65 Å². The van der Waals surface area contributed by atoms with Crippen molar-refractivity contribution in [3.63, 3.8) is 0 Å². The Labute approximate surface area is 177 Å². The first kappa shape index (κ1) is 21.0. The van der Waals surface area contributed by atoms with Crippen molar-refractivity contribution < 1.29 is 9.18 Å². The van der Waals surface area contributed by atoms with E-state index in [1.54, 1.807) is 0 Å². The lowest BCUT2D eigenvalue weighted by Gasteiger charge is -2.38. The van der Waals surface area contributed by atoms with Gasteiger partial charge in [0, 0.05) is 31.8 Å². The van der Waals surface area contributed by atoms with E-state index in [1.807, 2.05) is 12.1 Å². The smallest absolute Gasteiger partial charge is 0.329 e. The predicted octanol–water partition coefficient (Wildman–Crippen LogP) is 2.04. The summed E-state index contributed by atoms with van der Waals surface area (Å²) >= 11 is 0. The molecular formula is C22H26FN5O3. The summed E-state index contributed by atoms with van der Waals surface area (Å²) in [5, 5.41) is 3.04. The number of aromatic amines is 2. The minimum Gasteiger partial charge on any atom is -0.355 e. The summed E-state index contributed by atoms with van der Waals surface area (Å²) in [6.07, 6.45) is 5.77. The monoisotopic (exact) mass is 427 g/mol. The number of aromatic nitrogens is 4. The molecule has 2 aromatic heterocycles. The molecular weight excluding hydrogens is 401 g/mol. The number of amides is 1. The van der Waals surface area contributed by atoms with Crippen LogP contribution in [0, 0.1) is 5.82 Å². The maximum Gasteiger partial charge on any atom is 0.329 e. The van der Waals surface area contributed by atoms with E-state index in [9.17, 15) is 18.8 Å². The highest BCUT2D eigenvalue weighted by Crippen LogP contribution is 2.39. The van der Waals surface area contributed by atoms with Crippen LogP contribution in [0.4, 0.5) is 4.39 Å². The van der Waals surface area contributed by atoms with Crippen LogP contribution in [0.1, 0.15) is 49.9 Å². The Morgan fingerprint density at radius 2 is 1.87 bits per heavy atom. The molecule has 8 nitrogen and oxygen atoms in total. The Kier molecular flexibility index (Phi) is 5.75. The van der Waals surface area contributed by atoms with Gasteiger partial charge in [-0.15, -0.1) is 0 Å². The average Bonchev–Trinajstić information content (AvgIpc) is 3.21. The third-order valence-corrected chi connectivity index (χ3v) is 6.28. The van der Waals surface area contributed by atoms with Crippen molar-refractivity contribution in [2.75, 3.05) is 6.54 Å². The number of benzene rings is 1. The minimum absolute atomic E-state index is 0.115. The van der Waals surface area contributed by atoms with Gasteiger partial charge in [-0.1, -0.05) is 31.4 Å². The summed E-state index contributed by atoms with van der Waals surface area (Å²) in [5.74, 6) is 0.0963. The van der Waals surface area contributed by atoms with Gasteiger partial charge in [0.1, 0.15) is 17.2 Å². The number of carbonyl (C=O) groups excluding carboxylic acids is 1. The van der Waals surface area contributed by atoms with Gasteiger partial charge in [0.05, 0.1) is 0 Å². The molecule has 0 spiro atoms. The van der Waals surface area contributed by atoms with Crippen molar-refractivity contribution in [1.29, 1.82) is 0 Å². The molecule has 164 valence electrons. The van der Waals surface area contributed by atoms with Crippen LogP contribution in [0.15, 0.2) is 33.9 Å². The van der Waals surface area contributed by atoms with Crippen LogP contribution in [0.3, 0.4) is 0 Å². The molecule has 3 N–H and O–H groups in total. The number of rotatable bonds is 6.